The van der Waals surface area contributed by atoms with Crippen molar-refractivity contribution in [2.75, 3.05) is 19.6 Å². The summed E-state index contributed by atoms with van der Waals surface area (Å²) in [6.45, 7) is 2.17. The van der Waals surface area contributed by atoms with E-state index in [0.717, 1.165) is 31.5 Å². The van der Waals surface area contributed by atoms with Gasteiger partial charge in [0.1, 0.15) is 0 Å². The van der Waals surface area contributed by atoms with Crippen LogP contribution in [-0.2, 0) is 4.79 Å². The molecular formula is C16H22Cl2N2O. The summed E-state index contributed by atoms with van der Waals surface area (Å²) < 4.78 is 0. The Bertz CT molecular complexity index is 485. The Morgan fingerprint density at radius 3 is 2.38 bits per heavy atom. The monoisotopic (exact) mass is 328 g/mol. The fourth-order valence-corrected chi connectivity index (χ4v) is 3.07. The average Bonchev–Trinajstić information content (AvgIpc) is 2.76. The number of hydrogen-bond donors (Lipinski definition) is 1. The predicted octanol–water partition coefficient (Wildman–Crippen LogP) is 3.83. The molecule has 1 atom stereocenters. The number of carbonyl (C=O) groups is 1. The van der Waals surface area contributed by atoms with Gasteiger partial charge in [0.05, 0.1) is 10.0 Å². The van der Waals surface area contributed by atoms with Gasteiger partial charge in [0.25, 0.3) is 0 Å². The van der Waals surface area contributed by atoms with Crippen LogP contribution in [0.15, 0.2) is 18.2 Å². The van der Waals surface area contributed by atoms with E-state index in [1.165, 1.54) is 12.8 Å². The molecule has 2 N–H and O–H groups in total. The molecule has 1 aliphatic rings. The molecule has 0 aliphatic carbocycles. The molecule has 1 saturated heterocycles. The Labute approximate surface area is 136 Å². The summed E-state index contributed by atoms with van der Waals surface area (Å²) in [5, 5.41) is 1.03. The SMILES string of the molecule is NCC(CC(=O)N1CCCCCC1)c1ccc(Cl)c(Cl)c1. The van der Waals surface area contributed by atoms with Gasteiger partial charge in [-0.3, -0.25) is 4.79 Å². The van der Waals surface area contributed by atoms with Crippen molar-refractivity contribution in [1.29, 1.82) is 0 Å². The largest absolute Gasteiger partial charge is 0.343 e. The van der Waals surface area contributed by atoms with Crippen LogP contribution in [0.1, 0.15) is 43.6 Å². The number of nitrogens with two attached hydrogens (primary N) is 1. The minimum absolute atomic E-state index is 0.00415. The summed E-state index contributed by atoms with van der Waals surface area (Å²) in [4.78, 5) is 14.4. The zero-order valence-corrected chi connectivity index (χ0v) is 13.7. The first-order chi connectivity index (χ1) is 10.1. The number of carbonyl (C=O) groups excluding carboxylic acids is 1. The number of likely N-dealkylation sites (tertiary alicyclic amines) is 1. The van der Waals surface area contributed by atoms with E-state index in [0.29, 0.717) is 23.0 Å². The number of benzene rings is 1. The quantitative estimate of drug-likeness (QED) is 0.912. The van der Waals surface area contributed by atoms with Crippen molar-refractivity contribution in [3.8, 4) is 0 Å². The summed E-state index contributed by atoms with van der Waals surface area (Å²) in [6, 6.07) is 5.48. The Morgan fingerprint density at radius 1 is 1.14 bits per heavy atom. The molecule has 1 aliphatic heterocycles. The van der Waals surface area contributed by atoms with Crippen LogP contribution >= 0.6 is 23.2 Å². The van der Waals surface area contributed by atoms with Crippen LogP contribution in [0.5, 0.6) is 0 Å². The van der Waals surface area contributed by atoms with E-state index in [1.807, 2.05) is 17.0 Å². The zero-order chi connectivity index (χ0) is 15.2. The summed E-state index contributed by atoms with van der Waals surface area (Å²) in [5.74, 6) is 0.189. The van der Waals surface area contributed by atoms with E-state index in [1.54, 1.807) is 6.07 Å². The molecule has 0 saturated carbocycles. The molecule has 1 heterocycles. The molecule has 1 aromatic rings. The molecule has 1 fully saturated rings. The summed E-state index contributed by atoms with van der Waals surface area (Å²) in [7, 11) is 0. The predicted molar refractivity (Wildman–Crippen MR) is 87.9 cm³/mol. The second kappa shape index (κ2) is 8.02. The molecule has 0 bridgehead atoms. The standard InChI is InChI=1S/C16H22Cl2N2O/c17-14-6-5-12(9-15(14)18)13(11-19)10-16(21)20-7-3-1-2-4-8-20/h5-6,9,13H,1-4,7-8,10-11,19H2. The van der Waals surface area contributed by atoms with E-state index < -0.39 is 0 Å². The van der Waals surface area contributed by atoms with Crippen LogP contribution in [0.4, 0.5) is 0 Å². The molecule has 0 radical (unpaired) electrons. The maximum Gasteiger partial charge on any atom is 0.223 e. The minimum atomic E-state index is -0.00415. The Hall–Kier alpha value is -0.770. The van der Waals surface area contributed by atoms with Crippen molar-refractivity contribution < 1.29 is 4.79 Å². The number of nitrogens with zero attached hydrogens (tertiary/aromatic N) is 1. The maximum absolute atomic E-state index is 12.5. The van der Waals surface area contributed by atoms with Gasteiger partial charge in [0, 0.05) is 25.4 Å². The van der Waals surface area contributed by atoms with Crippen LogP contribution in [-0.4, -0.2) is 30.4 Å². The van der Waals surface area contributed by atoms with E-state index in [4.69, 9.17) is 28.9 Å². The van der Waals surface area contributed by atoms with Gasteiger partial charge in [-0.25, -0.2) is 0 Å². The second-order valence-electron chi connectivity index (χ2n) is 5.61. The summed E-state index contributed by atoms with van der Waals surface area (Å²) >= 11 is 12.0. The molecule has 2 rings (SSSR count). The third-order valence-electron chi connectivity index (χ3n) is 4.08. The van der Waals surface area contributed by atoms with Crippen LogP contribution < -0.4 is 5.73 Å². The van der Waals surface area contributed by atoms with Gasteiger partial charge in [0.15, 0.2) is 0 Å². The highest BCUT2D eigenvalue weighted by Gasteiger charge is 2.21. The third kappa shape index (κ3) is 4.60. The van der Waals surface area contributed by atoms with Gasteiger partial charge < -0.3 is 10.6 Å². The number of halogens is 2. The summed E-state index contributed by atoms with van der Waals surface area (Å²) in [6.07, 6.45) is 5.08. The maximum atomic E-state index is 12.5. The molecule has 1 unspecified atom stereocenters. The highest BCUT2D eigenvalue weighted by Crippen LogP contribution is 2.28. The third-order valence-corrected chi connectivity index (χ3v) is 4.82. The molecule has 3 nitrogen and oxygen atoms in total. The molecule has 1 aromatic carbocycles. The van der Waals surface area contributed by atoms with Gasteiger partial charge in [-0.15, -0.1) is 0 Å². The van der Waals surface area contributed by atoms with E-state index >= 15 is 0 Å². The lowest BCUT2D eigenvalue weighted by Gasteiger charge is -2.23. The highest BCUT2D eigenvalue weighted by atomic mass is 35.5. The topological polar surface area (TPSA) is 46.3 Å². The Morgan fingerprint density at radius 2 is 1.81 bits per heavy atom. The van der Waals surface area contributed by atoms with Crippen LogP contribution in [0.3, 0.4) is 0 Å². The number of hydrogen-bond acceptors (Lipinski definition) is 2. The lowest BCUT2D eigenvalue weighted by Crippen LogP contribution is -2.33. The first-order valence-electron chi connectivity index (χ1n) is 7.54. The van der Waals surface area contributed by atoms with Crippen molar-refractivity contribution in [2.24, 2.45) is 5.73 Å². The second-order valence-corrected chi connectivity index (χ2v) is 6.42. The smallest absolute Gasteiger partial charge is 0.223 e. The Kier molecular flexibility index (Phi) is 6.34. The van der Waals surface area contributed by atoms with Gasteiger partial charge >= 0.3 is 0 Å². The molecule has 0 spiro atoms. The van der Waals surface area contributed by atoms with Crippen LogP contribution in [0, 0.1) is 0 Å². The van der Waals surface area contributed by atoms with Crippen molar-refractivity contribution in [2.45, 2.75) is 38.0 Å². The first-order valence-corrected chi connectivity index (χ1v) is 8.30. The molecule has 1 amide bonds. The normalized spacial score (nSPS) is 17.4. The van der Waals surface area contributed by atoms with Gasteiger partial charge in [-0.05, 0) is 37.1 Å². The fourth-order valence-electron chi connectivity index (χ4n) is 2.76. The number of rotatable bonds is 4. The van der Waals surface area contributed by atoms with Crippen LogP contribution in [0.25, 0.3) is 0 Å². The molecule has 116 valence electrons. The Balaban J connectivity index is 2.03. The van der Waals surface area contributed by atoms with Crippen LogP contribution in [0.2, 0.25) is 10.0 Å². The lowest BCUT2D eigenvalue weighted by atomic mass is 9.95. The molecule has 5 heteroatoms. The van der Waals surface area contributed by atoms with Crippen molar-refractivity contribution in [1.82, 2.24) is 4.90 Å². The molecule has 0 aromatic heterocycles. The van der Waals surface area contributed by atoms with E-state index in [2.05, 4.69) is 0 Å². The first kappa shape index (κ1) is 16.6. The van der Waals surface area contributed by atoms with Crippen molar-refractivity contribution in [3.05, 3.63) is 33.8 Å². The van der Waals surface area contributed by atoms with Gasteiger partial charge in [-0.2, -0.15) is 0 Å². The average molecular weight is 329 g/mol. The van der Waals surface area contributed by atoms with Crippen molar-refractivity contribution in [3.63, 3.8) is 0 Å². The van der Waals surface area contributed by atoms with Gasteiger partial charge in [-0.1, -0.05) is 42.1 Å². The zero-order valence-electron chi connectivity index (χ0n) is 12.2. The van der Waals surface area contributed by atoms with Crippen molar-refractivity contribution >= 4 is 29.1 Å². The molecular weight excluding hydrogens is 307 g/mol. The van der Waals surface area contributed by atoms with E-state index in [-0.39, 0.29) is 11.8 Å². The molecule has 21 heavy (non-hydrogen) atoms. The minimum Gasteiger partial charge on any atom is -0.343 e. The number of amides is 1. The fraction of sp³-hybridized carbons (Fsp3) is 0.562. The van der Waals surface area contributed by atoms with Gasteiger partial charge in [0.2, 0.25) is 5.91 Å². The van der Waals surface area contributed by atoms with E-state index in [9.17, 15) is 4.79 Å². The summed E-state index contributed by atoms with van der Waals surface area (Å²) in [5.41, 5.74) is 6.84. The highest BCUT2D eigenvalue weighted by molar-refractivity contribution is 6.42. The lowest BCUT2D eigenvalue weighted by molar-refractivity contribution is -0.131.